The average Bonchev–Trinajstić information content (AvgIpc) is 3.12. The monoisotopic (exact) mass is 374 g/mol. The molecule has 2 amide bonds. The molecule has 0 fully saturated rings. The smallest absolute Gasteiger partial charge is 0.340 e. The third kappa shape index (κ3) is 5.87. The van der Waals surface area contributed by atoms with Gasteiger partial charge in [-0.2, -0.15) is 4.68 Å². The Morgan fingerprint density at radius 2 is 1.93 bits per heavy atom. The predicted molar refractivity (Wildman–Crippen MR) is 95.0 cm³/mol. The molecule has 1 aromatic carbocycles. The fraction of sp³-hybridized carbons (Fsp3) is 0.412. The van der Waals surface area contributed by atoms with Crippen molar-refractivity contribution >= 4 is 17.8 Å². The normalized spacial score (nSPS) is 11.0. The molecule has 144 valence electrons. The summed E-state index contributed by atoms with van der Waals surface area (Å²) in [4.78, 5) is 37.5. The highest BCUT2D eigenvalue weighted by Crippen LogP contribution is 2.14. The molecule has 0 radical (unpaired) electrons. The summed E-state index contributed by atoms with van der Waals surface area (Å²) >= 11 is 0. The van der Waals surface area contributed by atoms with Gasteiger partial charge in [0.15, 0.2) is 6.61 Å². The molecule has 0 aliphatic rings. The highest BCUT2D eigenvalue weighted by atomic mass is 16.5. The van der Waals surface area contributed by atoms with Gasteiger partial charge in [-0.1, -0.05) is 12.1 Å². The topological polar surface area (TPSA) is 119 Å². The number of hydrogen-bond donors (Lipinski definition) is 1. The number of nitrogens with zero attached hydrogens (tertiary/aromatic N) is 5. The van der Waals surface area contributed by atoms with E-state index in [2.05, 4.69) is 20.8 Å². The number of nitrogens with one attached hydrogen (secondary N) is 1. The van der Waals surface area contributed by atoms with Gasteiger partial charge in [-0.15, -0.1) is 5.10 Å². The first-order valence-electron chi connectivity index (χ1n) is 8.22. The molecule has 10 heteroatoms. The van der Waals surface area contributed by atoms with Crippen molar-refractivity contribution < 1.29 is 19.1 Å². The Morgan fingerprint density at radius 3 is 2.56 bits per heavy atom. The Balaban J connectivity index is 1.94. The summed E-state index contributed by atoms with van der Waals surface area (Å²) in [5, 5.41) is 13.6. The molecule has 0 atom stereocenters. The van der Waals surface area contributed by atoms with Crippen molar-refractivity contribution in [2.24, 2.45) is 0 Å². The van der Waals surface area contributed by atoms with E-state index in [1.165, 1.54) is 23.0 Å². The van der Waals surface area contributed by atoms with Crippen molar-refractivity contribution in [2.45, 2.75) is 26.3 Å². The zero-order valence-electron chi connectivity index (χ0n) is 15.7. The summed E-state index contributed by atoms with van der Waals surface area (Å²) in [5.41, 5.74) is 0.247. The second kappa shape index (κ2) is 8.39. The summed E-state index contributed by atoms with van der Waals surface area (Å²) in [7, 11) is 1.47. The number of esters is 1. The van der Waals surface area contributed by atoms with Crippen LogP contribution in [0.3, 0.4) is 0 Å². The second-order valence-corrected chi connectivity index (χ2v) is 6.90. The molecule has 10 nitrogen and oxygen atoms in total. The van der Waals surface area contributed by atoms with Gasteiger partial charge in [-0.25, -0.2) is 4.79 Å². The van der Waals surface area contributed by atoms with E-state index in [0.29, 0.717) is 5.69 Å². The van der Waals surface area contributed by atoms with E-state index in [4.69, 9.17) is 4.74 Å². The minimum absolute atomic E-state index is 0.130. The van der Waals surface area contributed by atoms with Gasteiger partial charge < -0.3 is 15.0 Å². The molecule has 0 saturated carbocycles. The molecular weight excluding hydrogens is 352 g/mol. The van der Waals surface area contributed by atoms with Crippen LogP contribution in [0.4, 0.5) is 0 Å². The number of amides is 2. The largest absolute Gasteiger partial charge is 0.452 e. The molecule has 1 N–H and O–H groups in total. The maximum Gasteiger partial charge on any atom is 0.340 e. The number of carbonyl (C=O) groups excluding carboxylic acids is 3. The van der Waals surface area contributed by atoms with Crippen LogP contribution in [-0.2, 0) is 14.3 Å². The highest BCUT2D eigenvalue weighted by Gasteiger charge is 2.20. The van der Waals surface area contributed by atoms with Crippen LogP contribution in [0, 0.1) is 0 Å². The van der Waals surface area contributed by atoms with Gasteiger partial charge >= 0.3 is 5.97 Å². The van der Waals surface area contributed by atoms with Crippen LogP contribution < -0.4 is 5.32 Å². The molecule has 1 aromatic heterocycles. The number of carbonyl (C=O) groups is 3. The third-order valence-corrected chi connectivity index (χ3v) is 3.37. The van der Waals surface area contributed by atoms with Gasteiger partial charge in [0.2, 0.25) is 5.91 Å². The highest BCUT2D eigenvalue weighted by molar-refractivity contribution is 5.95. The quantitative estimate of drug-likeness (QED) is 0.717. The molecule has 0 aliphatic heterocycles. The van der Waals surface area contributed by atoms with E-state index in [-0.39, 0.29) is 18.0 Å². The second-order valence-electron chi connectivity index (χ2n) is 6.90. The van der Waals surface area contributed by atoms with Crippen LogP contribution >= 0.6 is 0 Å². The SMILES string of the molecule is CN(CC(=O)NC(C)(C)C)C(=O)COC(=O)c1ccccc1-n1cnnn1. The number of aromatic nitrogens is 4. The number of rotatable bonds is 6. The Labute approximate surface area is 156 Å². The van der Waals surface area contributed by atoms with Gasteiger partial charge in [0.25, 0.3) is 5.91 Å². The van der Waals surface area contributed by atoms with E-state index < -0.39 is 24.0 Å². The third-order valence-electron chi connectivity index (χ3n) is 3.37. The molecule has 0 saturated heterocycles. The lowest BCUT2D eigenvalue weighted by Gasteiger charge is -2.23. The zero-order chi connectivity index (χ0) is 20.0. The Kier molecular flexibility index (Phi) is 6.22. The van der Waals surface area contributed by atoms with E-state index in [1.54, 1.807) is 24.3 Å². The van der Waals surface area contributed by atoms with Gasteiger partial charge in [-0.3, -0.25) is 9.59 Å². The summed E-state index contributed by atoms with van der Waals surface area (Å²) in [5.74, 6) is -1.48. The van der Waals surface area contributed by atoms with E-state index >= 15 is 0 Å². The van der Waals surface area contributed by atoms with Crippen LogP contribution in [0.25, 0.3) is 5.69 Å². The lowest BCUT2D eigenvalue weighted by molar-refractivity contribution is -0.137. The average molecular weight is 374 g/mol. The number of hydrogen-bond acceptors (Lipinski definition) is 7. The van der Waals surface area contributed by atoms with Crippen molar-refractivity contribution in [3.63, 3.8) is 0 Å². The van der Waals surface area contributed by atoms with Crippen LogP contribution in [0.15, 0.2) is 30.6 Å². The zero-order valence-corrected chi connectivity index (χ0v) is 15.7. The van der Waals surface area contributed by atoms with Gasteiger partial charge in [0, 0.05) is 12.6 Å². The van der Waals surface area contributed by atoms with Gasteiger partial charge in [-0.05, 0) is 43.3 Å². The maximum absolute atomic E-state index is 12.3. The first-order chi connectivity index (χ1) is 12.7. The number of likely N-dealkylation sites (N-methyl/N-ethyl adjacent to an activating group) is 1. The van der Waals surface area contributed by atoms with Crippen LogP contribution in [-0.4, -0.2) is 68.6 Å². The Morgan fingerprint density at radius 1 is 1.22 bits per heavy atom. The molecular formula is C17H22N6O4. The number of tetrazole rings is 1. The van der Waals surface area contributed by atoms with Gasteiger partial charge in [0.1, 0.15) is 6.33 Å². The van der Waals surface area contributed by atoms with E-state index in [0.717, 1.165) is 0 Å². The fourth-order valence-corrected chi connectivity index (χ4v) is 2.19. The van der Waals surface area contributed by atoms with Crippen molar-refractivity contribution in [1.29, 1.82) is 0 Å². The van der Waals surface area contributed by atoms with Crippen molar-refractivity contribution in [3.05, 3.63) is 36.2 Å². The molecule has 0 unspecified atom stereocenters. The first-order valence-corrected chi connectivity index (χ1v) is 8.22. The van der Waals surface area contributed by atoms with Gasteiger partial charge in [0.05, 0.1) is 17.8 Å². The number of para-hydroxylation sites is 1. The first kappa shape index (κ1) is 20.0. The molecule has 1 heterocycles. The van der Waals surface area contributed by atoms with Crippen LogP contribution in [0.1, 0.15) is 31.1 Å². The summed E-state index contributed by atoms with van der Waals surface area (Å²) in [6, 6.07) is 6.58. The summed E-state index contributed by atoms with van der Waals surface area (Å²) in [6.45, 7) is 4.92. The predicted octanol–water partition coefficient (Wildman–Crippen LogP) is 0.192. The van der Waals surface area contributed by atoms with Crippen LogP contribution in [0.5, 0.6) is 0 Å². The van der Waals surface area contributed by atoms with Crippen molar-refractivity contribution in [1.82, 2.24) is 30.4 Å². The lowest BCUT2D eigenvalue weighted by Crippen LogP contribution is -2.46. The Hall–Kier alpha value is -3.30. The molecule has 27 heavy (non-hydrogen) atoms. The number of benzene rings is 1. The summed E-state index contributed by atoms with van der Waals surface area (Å²) < 4.78 is 6.41. The molecule has 0 aliphatic carbocycles. The minimum Gasteiger partial charge on any atom is -0.452 e. The van der Waals surface area contributed by atoms with E-state index in [1.807, 2.05) is 20.8 Å². The van der Waals surface area contributed by atoms with E-state index in [9.17, 15) is 14.4 Å². The van der Waals surface area contributed by atoms with Crippen molar-refractivity contribution in [2.75, 3.05) is 20.2 Å². The standard InChI is InChI=1S/C17H22N6O4/c1-17(2,3)19-14(24)9-22(4)15(25)10-27-16(26)12-7-5-6-8-13(12)23-11-18-20-21-23/h5-8,11H,9-10H2,1-4H3,(H,19,24). The van der Waals surface area contributed by atoms with Crippen LogP contribution in [0.2, 0.25) is 0 Å². The Bertz CT molecular complexity index is 813. The fourth-order valence-electron chi connectivity index (χ4n) is 2.19. The number of ether oxygens (including phenoxy) is 1. The molecule has 2 rings (SSSR count). The molecule has 0 spiro atoms. The molecule has 2 aromatic rings. The molecule has 0 bridgehead atoms. The minimum atomic E-state index is -0.693. The van der Waals surface area contributed by atoms with Crippen molar-refractivity contribution in [3.8, 4) is 5.69 Å². The summed E-state index contributed by atoms with van der Waals surface area (Å²) in [6.07, 6.45) is 1.35. The lowest BCUT2D eigenvalue weighted by atomic mass is 10.1. The maximum atomic E-state index is 12.3.